The zero-order valence-electron chi connectivity index (χ0n) is 13.9. The van der Waals surface area contributed by atoms with Gasteiger partial charge < -0.3 is 15.1 Å². The van der Waals surface area contributed by atoms with Crippen molar-refractivity contribution in [1.29, 1.82) is 0 Å². The molecule has 1 atom stereocenters. The number of rotatable bonds is 3. The first-order valence-electron chi connectivity index (χ1n) is 8.43. The highest BCUT2D eigenvalue weighted by molar-refractivity contribution is 5.75. The number of nitrogens with one attached hydrogen (secondary N) is 1. The fraction of sp³-hybridized carbons (Fsp3) is 0.611. The molecule has 1 saturated carbocycles. The summed E-state index contributed by atoms with van der Waals surface area (Å²) in [6, 6.07) is 6.90. The van der Waals surface area contributed by atoms with Crippen molar-refractivity contribution in [2.45, 2.75) is 39.7 Å². The lowest BCUT2D eigenvalue weighted by molar-refractivity contribution is 0.190. The maximum absolute atomic E-state index is 12.3. The van der Waals surface area contributed by atoms with Crippen LogP contribution in [-0.4, -0.2) is 43.2 Å². The van der Waals surface area contributed by atoms with Crippen LogP contribution in [0.5, 0.6) is 0 Å². The van der Waals surface area contributed by atoms with Crippen molar-refractivity contribution >= 4 is 11.7 Å². The van der Waals surface area contributed by atoms with Crippen LogP contribution >= 0.6 is 0 Å². The van der Waals surface area contributed by atoms with E-state index in [2.05, 4.69) is 49.2 Å². The largest absolute Gasteiger partial charge is 0.368 e. The number of hydrogen-bond acceptors (Lipinski definition) is 2. The number of hydrogen-bond donors (Lipinski definition) is 1. The van der Waals surface area contributed by atoms with E-state index in [0.29, 0.717) is 12.0 Å². The van der Waals surface area contributed by atoms with Gasteiger partial charge in [0.15, 0.2) is 0 Å². The quantitative estimate of drug-likeness (QED) is 0.931. The Labute approximate surface area is 133 Å². The summed E-state index contributed by atoms with van der Waals surface area (Å²) in [4.78, 5) is 16.7. The first kappa shape index (κ1) is 15.2. The lowest BCUT2D eigenvalue weighted by Gasteiger charge is -2.37. The first-order valence-corrected chi connectivity index (χ1v) is 8.43. The van der Waals surface area contributed by atoms with Crippen LogP contribution < -0.4 is 10.2 Å². The highest BCUT2D eigenvalue weighted by Gasteiger charge is 2.30. The van der Waals surface area contributed by atoms with Crippen LogP contribution in [0, 0.1) is 19.8 Å². The molecule has 0 spiro atoms. The molecule has 2 amide bonds. The van der Waals surface area contributed by atoms with Crippen molar-refractivity contribution in [2.24, 2.45) is 5.92 Å². The Hall–Kier alpha value is -1.71. The maximum Gasteiger partial charge on any atom is 0.317 e. The Kier molecular flexibility index (Phi) is 4.27. The minimum absolute atomic E-state index is 0.111. The summed E-state index contributed by atoms with van der Waals surface area (Å²) in [5.74, 6) is 0.709. The zero-order valence-corrected chi connectivity index (χ0v) is 13.9. The Morgan fingerprint density at radius 1 is 1.18 bits per heavy atom. The molecule has 1 aliphatic heterocycles. The van der Waals surface area contributed by atoms with Gasteiger partial charge in [0.2, 0.25) is 0 Å². The lowest BCUT2D eigenvalue weighted by atomic mass is 10.1. The van der Waals surface area contributed by atoms with E-state index in [1.165, 1.54) is 29.7 Å². The fourth-order valence-electron chi connectivity index (χ4n) is 3.23. The summed E-state index contributed by atoms with van der Waals surface area (Å²) < 4.78 is 0. The first-order chi connectivity index (χ1) is 10.6. The molecule has 22 heavy (non-hydrogen) atoms. The minimum atomic E-state index is 0.111. The second-order valence-electron chi connectivity index (χ2n) is 6.77. The molecule has 1 aromatic rings. The topological polar surface area (TPSA) is 35.6 Å². The van der Waals surface area contributed by atoms with Crippen LogP contribution in [0.4, 0.5) is 10.5 Å². The third kappa shape index (κ3) is 3.21. The summed E-state index contributed by atoms with van der Waals surface area (Å²) in [6.45, 7) is 9.89. The number of carbonyl (C=O) groups excluding carboxylic acids is 1. The van der Waals surface area contributed by atoms with Crippen molar-refractivity contribution < 1.29 is 4.79 Å². The van der Waals surface area contributed by atoms with Crippen LogP contribution in [-0.2, 0) is 0 Å². The van der Waals surface area contributed by atoms with Gasteiger partial charge in [-0.2, -0.15) is 0 Å². The second kappa shape index (κ2) is 6.19. The van der Waals surface area contributed by atoms with Gasteiger partial charge in [-0.3, -0.25) is 0 Å². The highest BCUT2D eigenvalue weighted by atomic mass is 16.2. The van der Waals surface area contributed by atoms with E-state index in [9.17, 15) is 4.79 Å². The lowest BCUT2D eigenvalue weighted by Crippen LogP contribution is -2.53. The third-order valence-corrected chi connectivity index (χ3v) is 5.16. The average molecular weight is 301 g/mol. The standard InChI is InChI=1S/C18H27N3O/c1-13-5-4-6-17(14(13)2)20-9-11-21(12-10-20)18(22)19-15(3)16-7-8-16/h4-6,15-16H,7-12H2,1-3H3,(H,19,22). The molecular formula is C18H27N3O. The number of amides is 2. The normalized spacial score (nSPS) is 20.0. The predicted octanol–water partition coefficient (Wildman–Crippen LogP) is 2.93. The van der Waals surface area contributed by atoms with Gasteiger partial charge >= 0.3 is 6.03 Å². The number of nitrogens with zero attached hydrogens (tertiary/aromatic N) is 2. The summed E-state index contributed by atoms with van der Waals surface area (Å²) in [5.41, 5.74) is 3.99. The van der Waals surface area contributed by atoms with Gasteiger partial charge in [0.1, 0.15) is 0 Å². The molecule has 4 heteroatoms. The van der Waals surface area contributed by atoms with E-state index < -0.39 is 0 Å². The number of urea groups is 1. The number of aryl methyl sites for hydroxylation is 1. The molecule has 4 nitrogen and oxygen atoms in total. The molecule has 1 aromatic carbocycles. The van der Waals surface area contributed by atoms with Crippen LogP contribution in [0.2, 0.25) is 0 Å². The number of carbonyl (C=O) groups is 1. The Morgan fingerprint density at radius 2 is 1.86 bits per heavy atom. The predicted molar refractivity (Wildman–Crippen MR) is 90.4 cm³/mol. The van der Waals surface area contributed by atoms with Crippen molar-refractivity contribution in [3.63, 3.8) is 0 Å². The van der Waals surface area contributed by atoms with Gasteiger partial charge in [0.05, 0.1) is 0 Å². The smallest absolute Gasteiger partial charge is 0.317 e. The van der Waals surface area contributed by atoms with E-state index in [-0.39, 0.29) is 6.03 Å². The zero-order chi connectivity index (χ0) is 15.7. The van der Waals surface area contributed by atoms with Crippen molar-refractivity contribution in [3.8, 4) is 0 Å². The maximum atomic E-state index is 12.3. The molecule has 1 aliphatic carbocycles. The van der Waals surface area contributed by atoms with Crippen LogP contribution in [0.1, 0.15) is 30.9 Å². The van der Waals surface area contributed by atoms with E-state index in [0.717, 1.165) is 26.2 Å². The summed E-state index contributed by atoms with van der Waals surface area (Å²) in [6.07, 6.45) is 2.53. The number of piperazine rings is 1. The summed E-state index contributed by atoms with van der Waals surface area (Å²) >= 11 is 0. The van der Waals surface area contributed by atoms with E-state index in [1.54, 1.807) is 0 Å². The molecule has 1 saturated heterocycles. The number of benzene rings is 1. The van der Waals surface area contributed by atoms with E-state index in [4.69, 9.17) is 0 Å². The SMILES string of the molecule is Cc1cccc(N2CCN(C(=O)NC(C)C3CC3)CC2)c1C. The molecule has 0 radical (unpaired) electrons. The van der Waals surface area contributed by atoms with Gasteiger partial charge in [0.25, 0.3) is 0 Å². The van der Waals surface area contributed by atoms with Gasteiger partial charge in [-0.1, -0.05) is 12.1 Å². The highest BCUT2D eigenvalue weighted by Crippen LogP contribution is 2.32. The molecule has 1 heterocycles. The Balaban J connectivity index is 1.55. The molecule has 0 aromatic heterocycles. The number of anilines is 1. The van der Waals surface area contributed by atoms with Crippen LogP contribution in [0.15, 0.2) is 18.2 Å². The van der Waals surface area contributed by atoms with Crippen LogP contribution in [0.25, 0.3) is 0 Å². The van der Waals surface area contributed by atoms with Crippen molar-refractivity contribution in [1.82, 2.24) is 10.2 Å². The molecule has 2 fully saturated rings. The Morgan fingerprint density at radius 3 is 2.50 bits per heavy atom. The molecular weight excluding hydrogens is 274 g/mol. The summed E-state index contributed by atoms with van der Waals surface area (Å²) in [7, 11) is 0. The molecule has 0 bridgehead atoms. The van der Waals surface area contributed by atoms with Gasteiger partial charge in [0, 0.05) is 37.9 Å². The molecule has 1 N–H and O–H groups in total. The Bertz CT molecular complexity index is 545. The van der Waals surface area contributed by atoms with Gasteiger partial charge in [-0.15, -0.1) is 0 Å². The van der Waals surface area contributed by atoms with Crippen molar-refractivity contribution in [3.05, 3.63) is 29.3 Å². The molecule has 2 aliphatic rings. The molecule has 120 valence electrons. The van der Waals surface area contributed by atoms with Gasteiger partial charge in [-0.25, -0.2) is 4.79 Å². The van der Waals surface area contributed by atoms with E-state index >= 15 is 0 Å². The average Bonchev–Trinajstić information content (AvgIpc) is 3.35. The molecule has 3 rings (SSSR count). The molecule has 1 unspecified atom stereocenters. The van der Waals surface area contributed by atoms with Gasteiger partial charge in [-0.05, 0) is 56.7 Å². The summed E-state index contributed by atoms with van der Waals surface area (Å²) in [5, 5.41) is 3.16. The van der Waals surface area contributed by atoms with E-state index in [1.807, 2.05) is 4.90 Å². The fourth-order valence-corrected chi connectivity index (χ4v) is 3.23. The minimum Gasteiger partial charge on any atom is -0.368 e. The second-order valence-corrected chi connectivity index (χ2v) is 6.77. The van der Waals surface area contributed by atoms with Crippen LogP contribution in [0.3, 0.4) is 0 Å². The monoisotopic (exact) mass is 301 g/mol. The van der Waals surface area contributed by atoms with Crippen molar-refractivity contribution in [2.75, 3.05) is 31.1 Å². The third-order valence-electron chi connectivity index (χ3n) is 5.16.